The molecule has 2 N–H and O–H groups in total. The van der Waals surface area contributed by atoms with Gasteiger partial charge in [-0.3, -0.25) is 0 Å². The summed E-state index contributed by atoms with van der Waals surface area (Å²) in [6.07, 6.45) is 10.8. The quantitative estimate of drug-likeness (QED) is 0.831. The van der Waals surface area contributed by atoms with Gasteiger partial charge in [-0.2, -0.15) is 0 Å². The van der Waals surface area contributed by atoms with Crippen molar-refractivity contribution in [3.05, 3.63) is 0 Å². The molecular formula is C16H29N3O. The lowest BCUT2D eigenvalue weighted by molar-refractivity contribution is 0.144. The van der Waals surface area contributed by atoms with Gasteiger partial charge < -0.3 is 15.5 Å². The van der Waals surface area contributed by atoms with Crippen LogP contribution in [0.15, 0.2) is 0 Å². The highest BCUT2D eigenvalue weighted by Gasteiger charge is 2.37. The van der Waals surface area contributed by atoms with E-state index in [0.717, 1.165) is 25.8 Å². The molecule has 0 aromatic carbocycles. The van der Waals surface area contributed by atoms with Crippen molar-refractivity contribution in [2.45, 2.75) is 88.9 Å². The second kappa shape index (κ2) is 6.33. The monoisotopic (exact) mass is 279 g/mol. The standard InChI is InChI=1S/C16H29N3O/c1-2-9-19(16(20)18-12-5-3-4-6-12)15-10-13-7-8-14(11-15)17-13/h12-15,17H,2-11H2,1H3,(H,18,20). The van der Waals surface area contributed by atoms with E-state index in [1.807, 2.05) is 0 Å². The van der Waals surface area contributed by atoms with Gasteiger partial charge in [0.2, 0.25) is 0 Å². The molecule has 3 rings (SSSR count). The van der Waals surface area contributed by atoms with Gasteiger partial charge in [-0.05, 0) is 44.9 Å². The van der Waals surface area contributed by atoms with Gasteiger partial charge in [0.1, 0.15) is 0 Å². The first-order valence-electron chi connectivity index (χ1n) is 8.59. The van der Waals surface area contributed by atoms with Gasteiger partial charge in [0.25, 0.3) is 0 Å². The first kappa shape index (κ1) is 14.2. The van der Waals surface area contributed by atoms with Crippen molar-refractivity contribution < 1.29 is 4.79 Å². The lowest BCUT2D eigenvalue weighted by Gasteiger charge is -2.38. The van der Waals surface area contributed by atoms with E-state index in [0.29, 0.717) is 24.2 Å². The Morgan fingerprint density at radius 3 is 2.40 bits per heavy atom. The molecule has 1 aliphatic carbocycles. The molecule has 2 amide bonds. The van der Waals surface area contributed by atoms with E-state index in [9.17, 15) is 4.79 Å². The molecule has 2 atom stereocenters. The Balaban J connectivity index is 1.60. The maximum absolute atomic E-state index is 12.6. The van der Waals surface area contributed by atoms with Crippen molar-refractivity contribution >= 4 is 6.03 Å². The largest absolute Gasteiger partial charge is 0.335 e. The molecule has 1 saturated carbocycles. The number of hydrogen-bond donors (Lipinski definition) is 2. The summed E-state index contributed by atoms with van der Waals surface area (Å²) in [4.78, 5) is 14.8. The number of nitrogens with zero attached hydrogens (tertiary/aromatic N) is 1. The van der Waals surface area contributed by atoms with E-state index in [2.05, 4.69) is 22.5 Å². The van der Waals surface area contributed by atoms with Crippen LogP contribution in [0, 0.1) is 0 Å². The molecule has 114 valence electrons. The fourth-order valence-electron chi connectivity index (χ4n) is 4.30. The van der Waals surface area contributed by atoms with Gasteiger partial charge in [-0.15, -0.1) is 0 Å². The van der Waals surface area contributed by atoms with Gasteiger partial charge in [0, 0.05) is 30.7 Å². The number of rotatable bonds is 4. The lowest BCUT2D eigenvalue weighted by atomic mass is 9.98. The van der Waals surface area contributed by atoms with Crippen molar-refractivity contribution in [1.82, 2.24) is 15.5 Å². The van der Waals surface area contributed by atoms with Crippen LogP contribution in [0.2, 0.25) is 0 Å². The zero-order chi connectivity index (χ0) is 13.9. The summed E-state index contributed by atoms with van der Waals surface area (Å²) in [6.45, 7) is 3.08. The fourth-order valence-corrected chi connectivity index (χ4v) is 4.30. The minimum Gasteiger partial charge on any atom is -0.335 e. The summed E-state index contributed by atoms with van der Waals surface area (Å²) < 4.78 is 0. The van der Waals surface area contributed by atoms with E-state index in [1.54, 1.807) is 0 Å². The van der Waals surface area contributed by atoms with Crippen molar-refractivity contribution in [3.63, 3.8) is 0 Å². The molecule has 20 heavy (non-hydrogen) atoms. The Hall–Kier alpha value is -0.770. The van der Waals surface area contributed by atoms with Crippen LogP contribution in [0.1, 0.15) is 64.7 Å². The van der Waals surface area contributed by atoms with Crippen LogP contribution in [0.3, 0.4) is 0 Å². The number of amides is 2. The van der Waals surface area contributed by atoms with Gasteiger partial charge >= 0.3 is 6.03 Å². The first-order chi connectivity index (χ1) is 9.76. The normalized spacial score (nSPS) is 33.4. The minimum atomic E-state index is 0.199. The van der Waals surface area contributed by atoms with E-state index in [4.69, 9.17) is 0 Å². The van der Waals surface area contributed by atoms with Crippen LogP contribution in [0.25, 0.3) is 0 Å². The molecule has 0 spiro atoms. The molecular weight excluding hydrogens is 250 g/mol. The molecule has 4 nitrogen and oxygen atoms in total. The minimum absolute atomic E-state index is 0.199. The summed E-state index contributed by atoms with van der Waals surface area (Å²) in [7, 11) is 0. The van der Waals surface area contributed by atoms with Crippen LogP contribution in [-0.4, -0.2) is 41.6 Å². The first-order valence-corrected chi connectivity index (χ1v) is 8.59. The molecule has 0 aromatic rings. The molecule has 2 unspecified atom stereocenters. The van der Waals surface area contributed by atoms with Crippen LogP contribution in [0.4, 0.5) is 4.79 Å². The third-order valence-corrected chi connectivity index (χ3v) is 5.30. The highest BCUT2D eigenvalue weighted by Crippen LogP contribution is 2.30. The molecule has 2 saturated heterocycles. The molecule has 0 aromatic heterocycles. The molecule has 2 heterocycles. The predicted molar refractivity (Wildman–Crippen MR) is 80.8 cm³/mol. The highest BCUT2D eigenvalue weighted by atomic mass is 16.2. The summed E-state index contributed by atoms with van der Waals surface area (Å²) in [6, 6.07) is 2.38. The number of piperidine rings is 1. The predicted octanol–water partition coefficient (Wildman–Crippen LogP) is 2.63. The highest BCUT2D eigenvalue weighted by molar-refractivity contribution is 5.75. The topological polar surface area (TPSA) is 44.4 Å². The van der Waals surface area contributed by atoms with E-state index >= 15 is 0 Å². The SMILES string of the molecule is CCCN(C(=O)NC1CCCC1)C1CC2CCC(C1)N2. The third-order valence-electron chi connectivity index (χ3n) is 5.30. The molecule has 3 fully saturated rings. The Kier molecular flexibility index (Phi) is 4.49. The van der Waals surface area contributed by atoms with Crippen molar-refractivity contribution in [3.8, 4) is 0 Å². The average Bonchev–Trinajstić information content (AvgIpc) is 3.05. The zero-order valence-corrected chi connectivity index (χ0v) is 12.7. The van der Waals surface area contributed by atoms with E-state index < -0.39 is 0 Å². The van der Waals surface area contributed by atoms with Gasteiger partial charge in [0.15, 0.2) is 0 Å². The van der Waals surface area contributed by atoms with Crippen molar-refractivity contribution in [2.24, 2.45) is 0 Å². The average molecular weight is 279 g/mol. The Labute approximate surface area is 122 Å². The number of fused-ring (bicyclic) bond motifs is 2. The Morgan fingerprint density at radius 1 is 1.15 bits per heavy atom. The van der Waals surface area contributed by atoms with Crippen LogP contribution in [0.5, 0.6) is 0 Å². The maximum atomic E-state index is 12.6. The van der Waals surface area contributed by atoms with Crippen LogP contribution in [-0.2, 0) is 0 Å². The van der Waals surface area contributed by atoms with Crippen LogP contribution >= 0.6 is 0 Å². The maximum Gasteiger partial charge on any atom is 0.317 e. The second-order valence-electron chi connectivity index (χ2n) is 6.89. The number of urea groups is 1. The number of carbonyl (C=O) groups excluding carboxylic acids is 1. The van der Waals surface area contributed by atoms with Crippen molar-refractivity contribution in [1.29, 1.82) is 0 Å². The van der Waals surface area contributed by atoms with Crippen LogP contribution < -0.4 is 10.6 Å². The molecule has 2 aliphatic heterocycles. The fraction of sp³-hybridized carbons (Fsp3) is 0.938. The third kappa shape index (κ3) is 3.11. The molecule has 2 bridgehead atoms. The Morgan fingerprint density at radius 2 is 1.80 bits per heavy atom. The van der Waals surface area contributed by atoms with E-state index in [1.165, 1.54) is 38.5 Å². The number of carbonyl (C=O) groups is 1. The smallest absolute Gasteiger partial charge is 0.317 e. The molecule has 4 heteroatoms. The zero-order valence-electron chi connectivity index (χ0n) is 12.7. The Bertz CT molecular complexity index is 329. The molecule has 3 aliphatic rings. The van der Waals surface area contributed by atoms with E-state index in [-0.39, 0.29) is 6.03 Å². The van der Waals surface area contributed by atoms with Crippen molar-refractivity contribution in [2.75, 3.05) is 6.54 Å². The summed E-state index contributed by atoms with van der Waals surface area (Å²) >= 11 is 0. The number of nitrogens with one attached hydrogen (secondary N) is 2. The summed E-state index contributed by atoms with van der Waals surface area (Å²) in [5.41, 5.74) is 0. The molecule has 0 radical (unpaired) electrons. The van der Waals surface area contributed by atoms with Gasteiger partial charge in [-0.1, -0.05) is 19.8 Å². The second-order valence-corrected chi connectivity index (χ2v) is 6.89. The lowest BCUT2D eigenvalue weighted by Crippen LogP contribution is -2.54. The van der Waals surface area contributed by atoms with Gasteiger partial charge in [0.05, 0.1) is 0 Å². The van der Waals surface area contributed by atoms with Gasteiger partial charge in [-0.25, -0.2) is 4.79 Å². The summed E-state index contributed by atoms with van der Waals surface area (Å²) in [5, 5.41) is 6.95. The summed E-state index contributed by atoms with van der Waals surface area (Å²) in [5.74, 6) is 0. The number of hydrogen-bond acceptors (Lipinski definition) is 2.